The summed E-state index contributed by atoms with van der Waals surface area (Å²) in [6.45, 7) is 0.0392. The Hall–Kier alpha value is -2.29. The van der Waals surface area contributed by atoms with Gasteiger partial charge in [0.25, 0.3) is 5.91 Å². The Morgan fingerprint density at radius 1 is 1.42 bits per heavy atom. The van der Waals surface area contributed by atoms with Crippen molar-refractivity contribution in [3.8, 4) is 0 Å². The summed E-state index contributed by atoms with van der Waals surface area (Å²) < 4.78 is 1.56. The monoisotopic (exact) mass is 372 g/mol. The molecule has 1 amide bonds. The molecule has 3 heterocycles. The van der Waals surface area contributed by atoms with Gasteiger partial charge in [0.1, 0.15) is 5.56 Å². The molecular formula is C18H20N4O3S. The molecule has 0 unspecified atom stereocenters. The Balaban J connectivity index is 1.57. The fourth-order valence-electron chi connectivity index (χ4n) is 3.34. The molecule has 8 heteroatoms. The molecule has 4 rings (SSSR count). The molecule has 0 aromatic carbocycles. The number of hydrogen-bond donors (Lipinski definition) is 3. The Kier molecular flexibility index (Phi) is 4.71. The second-order valence-corrected chi connectivity index (χ2v) is 7.59. The third-order valence-corrected chi connectivity index (χ3v) is 5.77. The van der Waals surface area contributed by atoms with Crippen LogP contribution in [0, 0.1) is 5.92 Å². The highest BCUT2D eigenvalue weighted by Gasteiger charge is 2.36. The number of rotatable bonds is 6. The summed E-state index contributed by atoms with van der Waals surface area (Å²) in [7, 11) is 0. The molecule has 1 aliphatic carbocycles. The summed E-state index contributed by atoms with van der Waals surface area (Å²) in [6, 6.07) is 3.86. The highest BCUT2D eigenvalue weighted by atomic mass is 32.1. The van der Waals surface area contributed by atoms with Crippen LogP contribution in [0.25, 0.3) is 5.65 Å². The van der Waals surface area contributed by atoms with Gasteiger partial charge in [0, 0.05) is 23.9 Å². The van der Waals surface area contributed by atoms with Crippen molar-refractivity contribution >= 4 is 22.9 Å². The van der Waals surface area contributed by atoms with Gasteiger partial charge in [0.05, 0.1) is 18.3 Å². The van der Waals surface area contributed by atoms with Crippen LogP contribution in [0.15, 0.2) is 36.1 Å². The number of aliphatic hydroxyl groups is 2. The van der Waals surface area contributed by atoms with Crippen molar-refractivity contribution in [2.75, 3.05) is 6.61 Å². The van der Waals surface area contributed by atoms with Crippen LogP contribution in [0.5, 0.6) is 0 Å². The molecular weight excluding hydrogens is 352 g/mol. The molecule has 136 valence electrons. The maximum absolute atomic E-state index is 12.9. The number of aliphatic hydroxyl groups excluding tert-OH is 2. The number of hydrogen-bond acceptors (Lipinski definition) is 6. The van der Waals surface area contributed by atoms with Crippen LogP contribution in [-0.2, 0) is 6.42 Å². The normalized spacial score (nSPS) is 20.7. The van der Waals surface area contributed by atoms with Gasteiger partial charge < -0.3 is 15.5 Å². The highest BCUT2D eigenvalue weighted by molar-refractivity contribution is 7.10. The number of carbonyl (C=O) groups is 1. The Bertz CT molecular complexity index is 902. The predicted octanol–water partition coefficient (Wildman–Crippen LogP) is 1.57. The van der Waals surface area contributed by atoms with Gasteiger partial charge in [-0.1, -0.05) is 6.07 Å². The van der Waals surface area contributed by atoms with Crippen molar-refractivity contribution in [3.63, 3.8) is 0 Å². The van der Waals surface area contributed by atoms with Crippen LogP contribution in [0.3, 0.4) is 0 Å². The van der Waals surface area contributed by atoms with Crippen molar-refractivity contribution in [1.82, 2.24) is 19.9 Å². The van der Waals surface area contributed by atoms with Crippen LogP contribution in [0.2, 0.25) is 0 Å². The van der Waals surface area contributed by atoms with Crippen molar-refractivity contribution in [2.45, 2.75) is 31.4 Å². The molecule has 1 aliphatic rings. The van der Waals surface area contributed by atoms with Crippen molar-refractivity contribution in [2.24, 2.45) is 5.92 Å². The molecule has 0 spiro atoms. The van der Waals surface area contributed by atoms with Crippen molar-refractivity contribution in [3.05, 3.63) is 52.1 Å². The van der Waals surface area contributed by atoms with Gasteiger partial charge in [-0.05, 0) is 42.2 Å². The van der Waals surface area contributed by atoms with Gasteiger partial charge >= 0.3 is 0 Å². The van der Waals surface area contributed by atoms with E-state index in [0.717, 1.165) is 10.4 Å². The molecule has 26 heavy (non-hydrogen) atoms. The van der Waals surface area contributed by atoms with E-state index >= 15 is 0 Å². The van der Waals surface area contributed by atoms with Gasteiger partial charge in [-0.15, -0.1) is 11.3 Å². The molecule has 7 nitrogen and oxygen atoms in total. The molecule has 3 N–H and O–H groups in total. The first kappa shape index (κ1) is 17.1. The third kappa shape index (κ3) is 3.23. The number of nitrogens with one attached hydrogen (secondary N) is 1. The number of fused-ring (bicyclic) bond motifs is 1. The number of thiophene rings is 1. The van der Waals surface area contributed by atoms with Crippen LogP contribution >= 0.6 is 11.3 Å². The number of carbonyl (C=O) groups excluding carboxylic acids is 1. The summed E-state index contributed by atoms with van der Waals surface area (Å²) in [4.78, 5) is 18.3. The largest absolute Gasteiger partial charge is 0.396 e. The second kappa shape index (κ2) is 7.14. The fourth-order valence-corrected chi connectivity index (χ4v) is 4.21. The zero-order valence-electron chi connectivity index (χ0n) is 14.1. The SMILES string of the molecule is O=C(N[C@@H](c1cccs1)C1CC(O)C1)c1cnn2cc(CCO)cnc12. The average Bonchev–Trinajstić information content (AvgIpc) is 3.26. The summed E-state index contributed by atoms with van der Waals surface area (Å²) in [5, 5.41) is 28.0. The topological polar surface area (TPSA) is 99.8 Å². The number of amides is 1. The first-order valence-electron chi connectivity index (χ1n) is 8.61. The predicted molar refractivity (Wildman–Crippen MR) is 97.0 cm³/mol. The molecule has 3 aromatic heterocycles. The minimum Gasteiger partial charge on any atom is -0.396 e. The van der Waals surface area contributed by atoms with Crippen molar-refractivity contribution in [1.29, 1.82) is 0 Å². The van der Waals surface area contributed by atoms with E-state index in [1.54, 1.807) is 28.2 Å². The van der Waals surface area contributed by atoms with Gasteiger partial charge in [-0.25, -0.2) is 9.50 Å². The summed E-state index contributed by atoms with van der Waals surface area (Å²) in [5.74, 6) is 0.0146. The van der Waals surface area contributed by atoms with Crippen LogP contribution in [0.4, 0.5) is 0 Å². The molecule has 0 saturated heterocycles. The first-order valence-corrected chi connectivity index (χ1v) is 9.49. The Morgan fingerprint density at radius 3 is 2.96 bits per heavy atom. The Morgan fingerprint density at radius 2 is 2.27 bits per heavy atom. The standard InChI is InChI=1S/C18H20N4O3S/c23-4-3-11-8-19-17-14(9-20-22(17)10-11)18(25)21-16(12-6-13(24)7-12)15-2-1-5-26-15/h1-2,5,8-10,12-13,16,23-24H,3-4,6-7H2,(H,21,25)/t12?,13?,16-/m1/s1. The van der Waals surface area contributed by atoms with E-state index in [4.69, 9.17) is 5.11 Å². The van der Waals surface area contributed by atoms with E-state index in [2.05, 4.69) is 15.4 Å². The maximum atomic E-state index is 12.9. The van der Waals surface area contributed by atoms with E-state index in [0.29, 0.717) is 30.5 Å². The maximum Gasteiger partial charge on any atom is 0.257 e. The lowest BCUT2D eigenvalue weighted by Crippen LogP contribution is -2.41. The van der Waals surface area contributed by atoms with Crippen LogP contribution in [0.1, 0.15) is 39.7 Å². The number of aromatic nitrogens is 3. The molecule has 0 aliphatic heterocycles. The van der Waals surface area contributed by atoms with E-state index in [1.165, 1.54) is 6.20 Å². The smallest absolute Gasteiger partial charge is 0.257 e. The molecule has 0 radical (unpaired) electrons. The lowest BCUT2D eigenvalue weighted by atomic mass is 9.76. The highest BCUT2D eigenvalue weighted by Crippen LogP contribution is 2.39. The minimum atomic E-state index is -0.275. The van der Waals surface area contributed by atoms with Gasteiger partial charge in [0.15, 0.2) is 5.65 Å². The number of nitrogens with zero attached hydrogens (tertiary/aromatic N) is 3. The first-order chi connectivity index (χ1) is 12.7. The second-order valence-electron chi connectivity index (χ2n) is 6.61. The van der Waals surface area contributed by atoms with Crippen LogP contribution in [-0.4, -0.2) is 43.4 Å². The molecule has 0 bridgehead atoms. The van der Waals surface area contributed by atoms with Crippen molar-refractivity contribution < 1.29 is 15.0 Å². The molecule has 3 aromatic rings. The van der Waals surface area contributed by atoms with E-state index in [9.17, 15) is 9.90 Å². The molecule has 1 fully saturated rings. The third-order valence-electron chi connectivity index (χ3n) is 4.81. The minimum absolute atomic E-state index is 0.0392. The summed E-state index contributed by atoms with van der Waals surface area (Å²) in [5.41, 5.74) is 1.76. The lowest BCUT2D eigenvalue weighted by molar-refractivity contribution is 0.0241. The van der Waals surface area contributed by atoms with Crippen LogP contribution < -0.4 is 5.32 Å². The summed E-state index contributed by atoms with van der Waals surface area (Å²) >= 11 is 1.60. The quantitative estimate of drug-likeness (QED) is 0.610. The molecule has 1 atom stereocenters. The Labute approximate surface area is 154 Å². The molecule has 1 saturated carbocycles. The average molecular weight is 372 g/mol. The van der Waals surface area contributed by atoms with E-state index in [-0.39, 0.29) is 30.6 Å². The van der Waals surface area contributed by atoms with Gasteiger partial charge in [-0.2, -0.15) is 5.10 Å². The lowest BCUT2D eigenvalue weighted by Gasteiger charge is -2.37. The summed E-state index contributed by atoms with van der Waals surface area (Å²) in [6.07, 6.45) is 6.55. The zero-order valence-corrected chi connectivity index (χ0v) is 14.9. The van der Waals surface area contributed by atoms with E-state index < -0.39 is 0 Å². The van der Waals surface area contributed by atoms with Gasteiger partial charge in [0.2, 0.25) is 0 Å². The zero-order chi connectivity index (χ0) is 18.1. The van der Waals surface area contributed by atoms with E-state index in [1.807, 2.05) is 17.5 Å². The fraction of sp³-hybridized carbons (Fsp3) is 0.389. The van der Waals surface area contributed by atoms with Gasteiger partial charge in [-0.3, -0.25) is 4.79 Å².